The number of carbonyl (C=O) groups is 1. The van der Waals surface area contributed by atoms with Crippen molar-refractivity contribution < 1.29 is 27.4 Å². The SMILES string of the molecule is CCOC(=O)C1(C)CCC(OC2CCN(c3ccc(-c4nc5ccc(C(F)(F)F)cc5[nH]4)cn3)CC2)CC1. The van der Waals surface area contributed by atoms with Gasteiger partial charge in [0.25, 0.3) is 0 Å². The number of pyridine rings is 1. The van der Waals surface area contributed by atoms with Gasteiger partial charge in [-0.05, 0) is 82.7 Å². The number of aromatic nitrogens is 3. The van der Waals surface area contributed by atoms with Gasteiger partial charge in [0.1, 0.15) is 11.6 Å². The van der Waals surface area contributed by atoms with Gasteiger partial charge < -0.3 is 19.4 Å². The van der Waals surface area contributed by atoms with Crippen LogP contribution in [0, 0.1) is 5.41 Å². The van der Waals surface area contributed by atoms with E-state index in [2.05, 4.69) is 19.9 Å². The molecule has 1 N–H and O–H groups in total. The van der Waals surface area contributed by atoms with Crippen molar-refractivity contribution in [3.63, 3.8) is 0 Å². The number of rotatable bonds is 6. The molecule has 0 amide bonds. The molecule has 0 bridgehead atoms. The smallest absolute Gasteiger partial charge is 0.416 e. The zero-order chi connectivity index (χ0) is 26.9. The molecule has 5 rings (SSSR count). The van der Waals surface area contributed by atoms with Crippen LogP contribution in [0.4, 0.5) is 19.0 Å². The largest absolute Gasteiger partial charge is 0.466 e. The lowest BCUT2D eigenvalue weighted by atomic mass is 9.74. The number of carbonyl (C=O) groups excluding carboxylic acids is 1. The van der Waals surface area contributed by atoms with E-state index in [0.717, 1.165) is 69.6 Å². The number of halogens is 3. The number of aromatic amines is 1. The van der Waals surface area contributed by atoms with E-state index in [1.807, 2.05) is 26.0 Å². The molecule has 0 radical (unpaired) electrons. The van der Waals surface area contributed by atoms with Crippen LogP contribution in [0.3, 0.4) is 0 Å². The second kappa shape index (κ2) is 10.6. The summed E-state index contributed by atoms with van der Waals surface area (Å²) in [6.45, 7) is 5.91. The summed E-state index contributed by atoms with van der Waals surface area (Å²) in [4.78, 5) is 26.5. The predicted octanol–water partition coefficient (Wildman–Crippen LogP) is 6.14. The zero-order valence-electron chi connectivity index (χ0n) is 21.7. The van der Waals surface area contributed by atoms with Crippen molar-refractivity contribution >= 4 is 22.8 Å². The number of alkyl halides is 3. The van der Waals surface area contributed by atoms with Gasteiger partial charge in [0, 0.05) is 24.8 Å². The summed E-state index contributed by atoms with van der Waals surface area (Å²) >= 11 is 0. The van der Waals surface area contributed by atoms with Crippen molar-refractivity contribution in [2.45, 2.75) is 70.8 Å². The number of piperidine rings is 1. The Balaban J connectivity index is 1.14. The van der Waals surface area contributed by atoms with Crippen LogP contribution in [-0.4, -0.2) is 52.8 Å². The summed E-state index contributed by atoms with van der Waals surface area (Å²) < 4.78 is 50.7. The van der Waals surface area contributed by atoms with Crippen molar-refractivity contribution in [1.29, 1.82) is 0 Å². The van der Waals surface area contributed by atoms with Crippen LogP contribution in [0.1, 0.15) is 57.9 Å². The number of ether oxygens (including phenoxy) is 2. The summed E-state index contributed by atoms with van der Waals surface area (Å²) in [6.07, 6.45) is 2.81. The lowest BCUT2D eigenvalue weighted by Crippen LogP contribution is -2.41. The standard InChI is InChI=1S/C28H33F3N4O3/c1-3-37-26(36)27(2)12-8-20(9-13-27)38-21-10-14-35(15-11-21)24-7-4-18(17-32-24)25-33-22-6-5-19(28(29,30)31)16-23(22)34-25/h4-7,16-17,20-21H,3,8-15H2,1-2H3,(H,33,34). The number of hydrogen-bond acceptors (Lipinski definition) is 6. The van der Waals surface area contributed by atoms with Gasteiger partial charge in [-0.3, -0.25) is 4.79 Å². The highest BCUT2D eigenvalue weighted by molar-refractivity contribution is 5.80. The maximum atomic E-state index is 13.0. The van der Waals surface area contributed by atoms with Gasteiger partial charge in [-0.1, -0.05) is 0 Å². The Morgan fingerprint density at radius 1 is 1.11 bits per heavy atom. The van der Waals surface area contributed by atoms with Gasteiger partial charge in [0.2, 0.25) is 0 Å². The lowest BCUT2D eigenvalue weighted by molar-refractivity contribution is -0.159. The van der Waals surface area contributed by atoms with E-state index in [1.165, 1.54) is 6.07 Å². The number of imidazole rings is 1. The minimum atomic E-state index is -4.40. The van der Waals surface area contributed by atoms with Crippen LogP contribution in [0.15, 0.2) is 36.5 Å². The normalized spacial score (nSPS) is 23.1. The highest BCUT2D eigenvalue weighted by Crippen LogP contribution is 2.39. The highest BCUT2D eigenvalue weighted by Gasteiger charge is 2.39. The number of anilines is 1. The van der Waals surface area contributed by atoms with Crippen LogP contribution >= 0.6 is 0 Å². The van der Waals surface area contributed by atoms with E-state index < -0.39 is 17.2 Å². The van der Waals surface area contributed by atoms with Gasteiger partial charge in [-0.2, -0.15) is 13.2 Å². The first kappa shape index (κ1) is 26.5. The second-order valence-electron chi connectivity index (χ2n) is 10.5. The molecule has 10 heteroatoms. The molecule has 1 saturated heterocycles. The topological polar surface area (TPSA) is 80.3 Å². The number of fused-ring (bicyclic) bond motifs is 1. The summed E-state index contributed by atoms with van der Waals surface area (Å²) in [6, 6.07) is 7.29. The Kier molecular flexibility index (Phi) is 7.35. The van der Waals surface area contributed by atoms with E-state index >= 15 is 0 Å². The fourth-order valence-electron chi connectivity index (χ4n) is 5.40. The number of hydrogen-bond donors (Lipinski definition) is 1. The molecule has 2 aromatic heterocycles. The highest BCUT2D eigenvalue weighted by atomic mass is 19.4. The van der Waals surface area contributed by atoms with Gasteiger partial charge in [-0.15, -0.1) is 0 Å². The van der Waals surface area contributed by atoms with Gasteiger partial charge in [0.05, 0.1) is 40.8 Å². The van der Waals surface area contributed by atoms with Crippen molar-refractivity contribution in [2.24, 2.45) is 5.41 Å². The predicted molar refractivity (Wildman–Crippen MR) is 138 cm³/mol. The van der Waals surface area contributed by atoms with Crippen molar-refractivity contribution in [3.8, 4) is 11.4 Å². The molecule has 0 spiro atoms. The number of nitrogens with zero attached hydrogens (tertiary/aromatic N) is 3. The average molecular weight is 531 g/mol. The lowest BCUT2D eigenvalue weighted by Gasteiger charge is -2.38. The first-order valence-electron chi connectivity index (χ1n) is 13.3. The average Bonchev–Trinajstić information content (AvgIpc) is 3.34. The maximum Gasteiger partial charge on any atom is 0.416 e. The summed E-state index contributed by atoms with van der Waals surface area (Å²) in [5.41, 5.74) is 0.418. The molecule has 0 atom stereocenters. The Morgan fingerprint density at radius 2 is 1.82 bits per heavy atom. The fourth-order valence-corrected chi connectivity index (χ4v) is 5.40. The fraction of sp³-hybridized carbons (Fsp3) is 0.536. The molecule has 3 heterocycles. The van der Waals surface area contributed by atoms with Crippen LogP contribution in [0.5, 0.6) is 0 Å². The molecule has 3 aromatic rings. The molecule has 1 aromatic carbocycles. The van der Waals surface area contributed by atoms with E-state index in [9.17, 15) is 18.0 Å². The first-order valence-corrected chi connectivity index (χ1v) is 13.3. The van der Waals surface area contributed by atoms with Gasteiger partial charge >= 0.3 is 12.1 Å². The Labute approximate surface area is 219 Å². The molecule has 2 fully saturated rings. The first-order chi connectivity index (χ1) is 18.1. The molecule has 204 valence electrons. The molecule has 1 aliphatic carbocycles. The third kappa shape index (κ3) is 5.65. The third-order valence-corrected chi connectivity index (χ3v) is 7.79. The minimum Gasteiger partial charge on any atom is -0.466 e. The molecular weight excluding hydrogens is 497 g/mol. The molecule has 1 aliphatic heterocycles. The molecule has 0 unspecified atom stereocenters. The van der Waals surface area contributed by atoms with Crippen molar-refractivity contribution in [2.75, 3.05) is 24.6 Å². The molecule has 1 saturated carbocycles. The van der Waals surface area contributed by atoms with Crippen LogP contribution in [-0.2, 0) is 20.4 Å². The van der Waals surface area contributed by atoms with Crippen molar-refractivity contribution in [1.82, 2.24) is 15.0 Å². The number of esters is 1. The zero-order valence-corrected chi connectivity index (χ0v) is 21.7. The number of H-pyrrole nitrogens is 1. The molecule has 38 heavy (non-hydrogen) atoms. The summed E-state index contributed by atoms with van der Waals surface area (Å²) in [5, 5.41) is 0. The summed E-state index contributed by atoms with van der Waals surface area (Å²) in [7, 11) is 0. The number of nitrogens with one attached hydrogen (secondary N) is 1. The quantitative estimate of drug-likeness (QED) is 0.386. The van der Waals surface area contributed by atoms with Gasteiger partial charge in [-0.25, -0.2) is 9.97 Å². The summed E-state index contributed by atoms with van der Waals surface area (Å²) in [5.74, 6) is 1.24. The van der Waals surface area contributed by atoms with Crippen LogP contribution in [0.25, 0.3) is 22.4 Å². The molecule has 2 aliphatic rings. The van der Waals surface area contributed by atoms with E-state index in [-0.39, 0.29) is 18.2 Å². The van der Waals surface area contributed by atoms with Gasteiger partial charge in [0.15, 0.2) is 0 Å². The van der Waals surface area contributed by atoms with Crippen LogP contribution in [0.2, 0.25) is 0 Å². The van der Waals surface area contributed by atoms with E-state index in [0.29, 0.717) is 29.0 Å². The van der Waals surface area contributed by atoms with E-state index in [1.54, 1.807) is 6.20 Å². The Morgan fingerprint density at radius 3 is 2.45 bits per heavy atom. The molecular formula is C28H33F3N4O3. The minimum absolute atomic E-state index is 0.0961. The van der Waals surface area contributed by atoms with Crippen molar-refractivity contribution in [3.05, 3.63) is 42.1 Å². The Hall–Kier alpha value is -3.14. The molecule has 7 nitrogen and oxygen atoms in total. The maximum absolute atomic E-state index is 13.0. The Bertz CT molecular complexity index is 1260. The third-order valence-electron chi connectivity index (χ3n) is 7.79. The second-order valence-corrected chi connectivity index (χ2v) is 10.5. The van der Waals surface area contributed by atoms with E-state index in [4.69, 9.17) is 9.47 Å². The van der Waals surface area contributed by atoms with Crippen LogP contribution < -0.4 is 4.90 Å². The monoisotopic (exact) mass is 530 g/mol. The number of benzene rings is 1.